The molecule has 2 rings (SSSR count). The number of carboxylic acid groups (broad SMARTS) is 1. The lowest BCUT2D eigenvalue weighted by molar-refractivity contribution is -0.138. The zero-order valence-corrected chi connectivity index (χ0v) is 13.0. The van der Waals surface area contributed by atoms with Gasteiger partial charge in [0.2, 0.25) is 5.88 Å². The molecule has 0 spiro atoms. The Morgan fingerprint density at radius 1 is 1.16 bits per heavy atom. The van der Waals surface area contributed by atoms with Gasteiger partial charge in [0.25, 0.3) is 0 Å². The van der Waals surface area contributed by atoms with Crippen LogP contribution in [0.5, 0.6) is 17.4 Å². The third-order valence-electron chi connectivity index (χ3n) is 2.94. The van der Waals surface area contributed by atoms with Gasteiger partial charge in [-0.3, -0.25) is 0 Å². The topological polar surface area (TPSA) is 68.7 Å². The maximum atomic E-state index is 12.5. The number of carboxylic acids is 1. The van der Waals surface area contributed by atoms with Crippen LogP contribution in [0.25, 0.3) is 0 Å². The second-order valence-electron chi connectivity index (χ2n) is 4.98. The molecule has 1 heterocycles. The van der Waals surface area contributed by atoms with Gasteiger partial charge in [-0.15, -0.1) is 0 Å². The molecule has 8 heteroatoms. The van der Waals surface area contributed by atoms with E-state index >= 15 is 0 Å². The third kappa shape index (κ3) is 5.83. The van der Waals surface area contributed by atoms with Crippen molar-refractivity contribution in [2.75, 3.05) is 0 Å². The van der Waals surface area contributed by atoms with E-state index in [4.69, 9.17) is 14.6 Å². The first-order valence-corrected chi connectivity index (χ1v) is 7.13. The van der Waals surface area contributed by atoms with Crippen LogP contribution in [0.4, 0.5) is 13.2 Å². The molecule has 0 amide bonds. The zero-order chi connectivity index (χ0) is 18.4. The number of aromatic nitrogens is 1. The molecule has 1 aromatic carbocycles. The van der Waals surface area contributed by atoms with E-state index in [1.54, 1.807) is 31.2 Å². The second kappa shape index (κ2) is 7.69. The van der Waals surface area contributed by atoms with Crippen molar-refractivity contribution in [1.82, 2.24) is 4.98 Å². The molecule has 0 aliphatic rings. The fourth-order valence-corrected chi connectivity index (χ4v) is 1.79. The van der Waals surface area contributed by atoms with Gasteiger partial charge in [-0.1, -0.05) is 0 Å². The monoisotopic (exact) mass is 353 g/mol. The van der Waals surface area contributed by atoms with E-state index in [1.165, 1.54) is 6.08 Å². The molecule has 0 fully saturated rings. The number of hydrogen-bond acceptors (Lipinski definition) is 4. The molecule has 0 bridgehead atoms. The Labute approximate surface area is 141 Å². The summed E-state index contributed by atoms with van der Waals surface area (Å²) in [5.41, 5.74) is -0.855. The van der Waals surface area contributed by atoms with Crippen LogP contribution in [-0.4, -0.2) is 22.2 Å². The van der Waals surface area contributed by atoms with Crippen LogP contribution >= 0.6 is 0 Å². The molecule has 0 aliphatic carbocycles. The Morgan fingerprint density at radius 2 is 1.80 bits per heavy atom. The maximum Gasteiger partial charge on any atom is 0.417 e. The smallest absolute Gasteiger partial charge is 0.417 e. The number of benzene rings is 1. The van der Waals surface area contributed by atoms with Crippen molar-refractivity contribution in [3.05, 3.63) is 60.3 Å². The first-order valence-electron chi connectivity index (χ1n) is 7.13. The summed E-state index contributed by atoms with van der Waals surface area (Å²) in [7, 11) is 0. The van der Waals surface area contributed by atoms with Crippen molar-refractivity contribution in [3.63, 3.8) is 0 Å². The molecule has 0 radical (unpaired) electrons. The van der Waals surface area contributed by atoms with Gasteiger partial charge in [-0.05, 0) is 43.3 Å². The Kier molecular flexibility index (Phi) is 5.63. The summed E-state index contributed by atoms with van der Waals surface area (Å²) in [5, 5.41) is 8.54. The maximum absolute atomic E-state index is 12.5. The summed E-state index contributed by atoms with van der Waals surface area (Å²) in [6.45, 7) is 1.68. The van der Waals surface area contributed by atoms with Crippen LogP contribution in [0, 0.1) is 0 Å². The quantitative estimate of drug-likeness (QED) is 0.784. The number of hydrogen-bond donors (Lipinski definition) is 1. The molecular formula is C17H14F3NO4. The minimum atomic E-state index is -4.45. The van der Waals surface area contributed by atoms with Gasteiger partial charge in [0.15, 0.2) is 0 Å². The van der Waals surface area contributed by atoms with Crippen LogP contribution in [0.2, 0.25) is 0 Å². The molecule has 1 N–H and O–H groups in total. The average Bonchev–Trinajstić information content (AvgIpc) is 2.54. The first-order chi connectivity index (χ1) is 11.7. The molecule has 0 saturated carbocycles. The van der Waals surface area contributed by atoms with Crippen LogP contribution in [0.15, 0.2) is 54.7 Å². The van der Waals surface area contributed by atoms with Crippen molar-refractivity contribution >= 4 is 5.97 Å². The van der Waals surface area contributed by atoms with E-state index in [0.29, 0.717) is 17.7 Å². The van der Waals surface area contributed by atoms with E-state index in [0.717, 1.165) is 18.2 Å². The molecule has 25 heavy (non-hydrogen) atoms. The van der Waals surface area contributed by atoms with Gasteiger partial charge < -0.3 is 14.6 Å². The van der Waals surface area contributed by atoms with E-state index in [9.17, 15) is 18.0 Å². The minimum absolute atomic E-state index is 0.0272. The normalized spacial score (nSPS) is 12.8. The molecule has 0 saturated heterocycles. The molecule has 1 unspecified atom stereocenters. The number of halogens is 3. The summed E-state index contributed by atoms with van der Waals surface area (Å²) in [6.07, 6.45) is -1.82. The predicted molar refractivity (Wildman–Crippen MR) is 82.6 cm³/mol. The van der Waals surface area contributed by atoms with Crippen molar-refractivity contribution in [3.8, 4) is 17.4 Å². The Hall–Kier alpha value is -3.03. The van der Waals surface area contributed by atoms with Crippen molar-refractivity contribution < 1.29 is 32.5 Å². The molecule has 132 valence electrons. The van der Waals surface area contributed by atoms with E-state index < -0.39 is 23.8 Å². The van der Waals surface area contributed by atoms with Crippen LogP contribution in [-0.2, 0) is 11.0 Å². The highest BCUT2D eigenvalue weighted by molar-refractivity contribution is 5.79. The Balaban J connectivity index is 1.97. The Morgan fingerprint density at radius 3 is 2.32 bits per heavy atom. The van der Waals surface area contributed by atoms with Crippen LogP contribution < -0.4 is 9.47 Å². The predicted octanol–water partition coefficient (Wildman–Crippen LogP) is 4.30. The standard InChI is InChI=1S/C17H14F3NO4/c1-11(2-9-16(22)23)24-13-4-6-14(7-5-13)25-15-8-3-12(10-21-15)17(18,19)20/h2-11H,1H3,(H,22,23). The SMILES string of the molecule is CC(C=CC(=O)O)Oc1ccc(Oc2ccc(C(F)(F)F)cn2)cc1. The van der Waals surface area contributed by atoms with Gasteiger partial charge in [-0.2, -0.15) is 13.2 Å². The molecule has 1 aromatic heterocycles. The number of pyridine rings is 1. The summed E-state index contributed by atoms with van der Waals surface area (Å²) in [5.74, 6) is -0.189. The fourth-order valence-electron chi connectivity index (χ4n) is 1.79. The van der Waals surface area contributed by atoms with Crippen molar-refractivity contribution in [2.45, 2.75) is 19.2 Å². The molecule has 2 aromatic rings. The lowest BCUT2D eigenvalue weighted by atomic mass is 10.3. The van der Waals surface area contributed by atoms with Gasteiger partial charge in [0, 0.05) is 18.3 Å². The van der Waals surface area contributed by atoms with Gasteiger partial charge in [0.05, 0.1) is 5.56 Å². The number of aliphatic carboxylic acids is 1. The number of alkyl halides is 3. The highest BCUT2D eigenvalue weighted by Crippen LogP contribution is 2.30. The van der Waals surface area contributed by atoms with E-state index in [-0.39, 0.29) is 5.88 Å². The van der Waals surface area contributed by atoms with Crippen LogP contribution in [0.1, 0.15) is 12.5 Å². The van der Waals surface area contributed by atoms with Crippen molar-refractivity contribution in [2.24, 2.45) is 0 Å². The van der Waals surface area contributed by atoms with Gasteiger partial charge in [-0.25, -0.2) is 9.78 Å². The average molecular weight is 353 g/mol. The van der Waals surface area contributed by atoms with Gasteiger partial charge in [0.1, 0.15) is 17.6 Å². The van der Waals surface area contributed by atoms with Crippen LogP contribution in [0.3, 0.4) is 0 Å². The zero-order valence-electron chi connectivity index (χ0n) is 13.0. The molecule has 0 aliphatic heterocycles. The highest BCUT2D eigenvalue weighted by Gasteiger charge is 2.30. The van der Waals surface area contributed by atoms with Crippen molar-refractivity contribution in [1.29, 1.82) is 0 Å². The third-order valence-corrected chi connectivity index (χ3v) is 2.94. The highest BCUT2D eigenvalue weighted by atomic mass is 19.4. The number of rotatable bonds is 6. The second-order valence-corrected chi connectivity index (χ2v) is 4.98. The summed E-state index contributed by atoms with van der Waals surface area (Å²) >= 11 is 0. The first kappa shape index (κ1) is 18.3. The summed E-state index contributed by atoms with van der Waals surface area (Å²) < 4.78 is 48.2. The molecule has 1 atom stereocenters. The number of ether oxygens (including phenoxy) is 2. The van der Waals surface area contributed by atoms with E-state index in [2.05, 4.69) is 4.98 Å². The lowest BCUT2D eigenvalue weighted by Crippen LogP contribution is -2.08. The number of nitrogens with zero attached hydrogens (tertiary/aromatic N) is 1. The minimum Gasteiger partial charge on any atom is -0.487 e. The number of carbonyl (C=O) groups is 1. The van der Waals surface area contributed by atoms with Gasteiger partial charge >= 0.3 is 12.1 Å². The summed E-state index contributed by atoms with van der Waals surface area (Å²) in [6, 6.07) is 8.31. The lowest BCUT2D eigenvalue weighted by Gasteiger charge is -2.11. The summed E-state index contributed by atoms with van der Waals surface area (Å²) in [4.78, 5) is 14.0. The van der Waals surface area contributed by atoms with E-state index in [1.807, 2.05) is 0 Å². The Bertz CT molecular complexity index is 740. The molecule has 5 nitrogen and oxygen atoms in total. The fraction of sp³-hybridized carbons (Fsp3) is 0.176. The molecular weight excluding hydrogens is 339 g/mol. The largest absolute Gasteiger partial charge is 0.487 e.